The molecular formula is C16H18N2O3. The Bertz CT molecular complexity index is 669. The van der Waals surface area contributed by atoms with Gasteiger partial charge in [0.25, 0.3) is 0 Å². The minimum absolute atomic E-state index is 0.113. The highest BCUT2D eigenvalue weighted by Gasteiger charge is 2.51. The third-order valence-corrected chi connectivity index (χ3v) is 4.15. The van der Waals surface area contributed by atoms with Gasteiger partial charge in [0.2, 0.25) is 0 Å². The number of rotatable bonds is 6. The molecule has 1 atom stereocenters. The lowest BCUT2D eigenvalue weighted by Gasteiger charge is -2.28. The maximum atomic E-state index is 11.6. The van der Waals surface area contributed by atoms with Crippen LogP contribution in [0.4, 0.5) is 0 Å². The summed E-state index contributed by atoms with van der Waals surface area (Å²) in [6.45, 7) is 0.113. The molecule has 1 heterocycles. The Morgan fingerprint density at radius 3 is 2.95 bits per heavy atom. The van der Waals surface area contributed by atoms with E-state index in [2.05, 4.69) is 10.3 Å². The lowest BCUT2D eigenvalue weighted by Crippen LogP contribution is -2.56. The van der Waals surface area contributed by atoms with Gasteiger partial charge in [-0.05, 0) is 44.0 Å². The molecule has 1 aromatic heterocycles. The van der Waals surface area contributed by atoms with Crippen LogP contribution in [0, 0.1) is 5.92 Å². The molecule has 1 aliphatic rings. The molecule has 2 N–H and O–H groups in total. The van der Waals surface area contributed by atoms with Crippen LogP contribution in [0.1, 0.15) is 12.8 Å². The minimum atomic E-state index is -1.00. The summed E-state index contributed by atoms with van der Waals surface area (Å²) in [7, 11) is 1.68. The van der Waals surface area contributed by atoms with Crippen LogP contribution in [0.2, 0.25) is 0 Å². The Balaban J connectivity index is 1.79. The van der Waals surface area contributed by atoms with Crippen LogP contribution in [0.25, 0.3) is 10.9 Å². The van der Waals surface area contributed by atoms with Gasteiger partial charge in [-0.15, -0.1) is 0 Å². The number of pyridine rings is 1. The molecule has 0 radical (unpaired) electrons. The summed E-state index contributed by atoms with van der Waals surface area (Å²) in [5.74, 6) is -0.0762. The van der Waals surface area contributed by atoms with Crippen molar-refractivity contribution in [2.45, 2.75) is 18.4 Å². The van der Waals surface area contributed by atoms with Gasteiger partial charge in [-0.1, -0.05) is 6.07 Å². The van der Waals surface area contributed by atoms with E-state index in [0.717, 1.165) is 23.7 Å². The number of carboxylic acids is 1. The zero-order valence-electron chi connectivity index (χ0n) is 11.9. The molecule has 2 aromatic rings. The summed E-state index contributed by atoms with van der Waals surface area (Å²) in [5.41, 5.74) is -0.161. The van der Waals surface area contributed by atoms with E-state index < -0.39 is 11.5 Å². The molecule has 1 aromatic carbocycles. The van der Waals surface area contributed by atoms with Crippen LogP contribution in [0.3, 0.4) is 0 Å². The quantitative estimate of drug-likeness (QED) is 0.850. The van der Waals surface area contributed by atoms with Crippen molar-refractivity contribution >= 4 is 16.9 Å². The molecule has 1 unspecified atom stereocenters. The fourth-order valence-corrected chi connectivity index (χ4v) is 2.65. The first-order valence-electron chi connectivity index (χ1n) is 7.05. The number of carbonyl (C=O) groups is 1. The smallest absolute Gasteiger partial charge is 0.327 e. The fraction of sp³-hybridized carbons (Fsp3) is 0.375. The molecule has 0 aliphatic heterocycles. The molecule has 1 aliphatic carbocycles. The number of hydrogen-bond donors (Lipinski definition) is 2. The van der Waals surface area contributed by atoms with Crippen molar-refractivity contribution in [1.29, 1.82) is 0 Å². The Labute approximate surface area is 123 Å². The van der Waals surface area contributed by atoms with E-state index in [1.807, 2.05) is 30.3 Å². The minimum Gasteiger partial charge on any atom is -0.491 e. The van der Waals surface area contributed by atoms with Gasteiger partial charge in [0.15, 0.2) is 5.54 Å². The van der Waals surface area contributed by atoms with Gasteiger partial charge in [0.1, 0.15) is 12.4 Å². The number of benzene rings is 1. The SMILES string of the molecule is CNC(COc1ccc2cccnc2c1)(C(=O)O)C1CC1. The van der Waals surface area contributed by atoms with Crippen molar-refractivity contribution in [2.24, 2.45) is 5.92 Å². The summed E-state index contributed by atoms with van der Waals surface area (Å²) in [5, 5.41) is 13.5. The monoisotopic (exact) mass is 286 g/mol. The van der Waals surface area contributed by atoms with Crippen molar-refractivity contribution in [3.63, 3.8) is 0 Å². The zero-order valence-corrected chi connectivity index (χ0v) is 11.9. The first-order chi connectivity index (χ1) is 10.2. The number of aromatic nitrogens is 1. The summed E-state index contributed by atoms with van der Waals surface area (Å²) < 4.78 is 5.75. The molecule has 21 heavy (non-hydrogen) atoms. The largest absolute Gasteiger partial charge is 0.491 e. The number of aliphatic carboxylic acids is 1. The molecule has 1 fully saturated rings. The Morgan fingerprint density at radius 1 is 1.48 bits per heavy atom. The number of likely N-dealkylation sites (N-methyl/N-ethyl adjacent to an activating group) is 1. The Morgan fingerprint density at radius 2 is 2.29 bits per heavy atom. The Hall–Kier alpha value is -2.14. The van der Waals surface area contributed by atoms with Gasteiger partial charge in [-0.2, -0.15) is 0 Å². The van der Waals surface area contributed by atoms with Crippen LogP contribution in [0.15, 0.2) is 36.5 Å². The van der Waals surface area contributed by atoms with Gasteiger partial charge in [-0.3, -0.25) is 9.78 Å². The first-order valence-corrected chi connectivity index (χ1v) is 7.05. The maximum absolute atomic E-state index is 11.6. The highest BCUT2D eigenvalue weighted by Crippen LogP contribution is 2.40. The van der Waals surface area contributed by atoms with Gasteiger partial charge < -0.3 is 15.2 Å². The highest BCUT2D eigenvalue weighted by atomic mass is 16.5. The zero-order chi connectivity index (χ0) is 14.9. The summed E-state index contributed by atoms with van der Waals surface area (Å²) in [6, 6.07) is 9.47. The molecule has 5 nitrogen and oxygen atoms in total. The number of ether oxygens (including phenoxy) is 1. The molecule has 0 amide bonds. The number of hydrogen-bond acceptors (Lipinski definition) is 4. The van der Waals surface area contributed by atoms with Crippen molar-refractivity contribution in [3.05, 3.63) is 36.5 Å². The molecule has 110 valence electrons. The molecular weight excluding hydrogens is 268 g/mol. The van der Waals surface area contributed by atoms with Gasteiger partial charge in [0, 0.05) is 17.6 Å². The van der Waals surface area contributed by atoms with Crippen LogP contribution < -0.4 is 10.1 Å². The Kier molecular flexibility index (Phi) is 3.51. The fourth-order valence-electron chi connectivity index (χ4n) is 2.65. The van der Waals surface area contributed by atoms with E-state index in [1.54, 1.807) is 13.2 Å². The highest BCUT2D eigenvalue weighted by molar-refractivity contribution is 5.81. The van der Waals surface area contributed by atoms with E-state index in [1.165, 1.54) is 0 Å². The van der Waals surface area contributed by atoms with Gasteiger partial charge in [0.05, 0.1) is 5.52 Å². The second kappa shape index (κ2) is 5.33. The molecule has 0 saturated heterocycles. The van der Waals surface area contributed by atoms with E-state index in [4.69, 9.17) is 4.74 Å². The lowest BCUT2D eigenvalue weighted by atomic mass is 9.94. The number of fused-ring (bicyclic) bond motifs is 1. The topological polar surface area (TPSA) is 71.5 Å². The van der Waals surface area contributed by atoms with Gasteiger partial charge >= 0.3 is 5.97 Å². The number of nitrogens with one attached hydrogen (secondary N) is 1. The predicted molar refractivity (Wildman–Crippen MR) is 79.4 cm³/mol. The van der Waals surface area contributed by atoms with Crippen LogP contribution >= 0.6 is 0 Å². The van der Waals surface area contributed by atoms with E-state index >= 15 is 0 Å². The normalized spacial score (nSPS) is 17.4. The molecule has 1 saturated carbocycles. The lowest BCUT2D eigenvalue weighted by molar-refractivity contribution is -0.147. The second-order valence-corrected chi connectivity index (χ2v) is 5.45. The molecule has 0 spiro atoms. The van der Waals surface area contributed by atoms with E-state index in [-0.39, 0.29) is 12.5 Å². The second-order valence-electron chi connectivity index (χ2n) is 5.45. The standard InChI is InChI=1S/C16H18N2O3/c1-17-16(15(19)20,12-5-6-12)10-21-13-7-4-11-3-2-8-18-14(11)9-13/h2-4,7-9,12,17H,5-6,10H2,1H3,(H,19,20). The predicted octanol–water partition coefficient (Wildman–Crippen LogP) is 2.07. The summed E-state index contributed by atoms with van der Waals surface area (Å²) in [4.78, 5) is 15.9. The van der Waals surface area contributed by atoms with Crippen molar-refractivity contribution in [1.82, 2.24) is 10.3 Å². The van der Waals surface area contributed by atoms with E-state index in [0.29, 0.717) is 5.75 Å². The number of nitrogens with zero attached hydrogens (tertiary/aromatic N) is 1. The maximum Gasteiger partial charge on any atom is 0.327 e. The molecule has 0 bridgehead atoms. The van der Waals surface area contributed by atoms with Crippen molar-refractivity contribution < 1.29 is 14.6 Å². The van der Waals surface area contributed by atoms with Gasteiger partial charge in [-0.25, -0.2) is 0 Å². The molecule has 5 heteroatoms. The van der Waals surface area contributed by atoms with Crippen molar-refractivity contribution in [3.8, 4) is 5.75 Å². The third kappa shape index (κ3) is 2.56. The average molecular weight is 286 g/mol. The van der Waals surface area contributed by atoms with Crippen molar-refractivity contribution in [2.75, 3.05) is 13.7 Å². The number of carboxylic acid groups (broad SMARTS) is 1. The summed E-state index contributed by atoms with van der Waals surface area (Å²) in [6.07, 6.45) is 3.58. The first kappa shape index (κ1) is 13.8. The van der Waals surface area contributed by atoms with Crippen LogP contribution in [0.5, 0.6) is 5.75 Å². The van der Waals surface area contributed by atoms with Crippen LogP contribution in [-0.4, -0.2) is 35.3 Å². The van der Waals surface area contributed by atoms with E-state index in [9.17, 15) is 9.90 Å². The average Bonchev–Trinajstić information content (AvgIpc) is 3.33. The third-order valence-electron chi connectivity index (χ3n) is 4.15. The van der Waals surface area contributed by atoms with Crippen LogP contribution in [-0.2, 0) is 4.79 Å². The molecule has 3 rings (SSSR count). The summed E-state index contributed by atoms with van der Waals surface area (Å²) >= 11 is 0.